The minimum absolute atomic E-state index is 0.0145. The normalized spacial score (nSPS) is 11.2. The highest BCUT2D eigenvalue weighted by molar-refractivity contribution is 7.89. The number of rotatable bonds is 9. The number of unbranched alkanes of at least 4 members (excludes halogenated alkanes) is 1. The molecule has 1 aromatic carbocycles. The zero-order valence-corrected chi connectivity index (χ0v) is 14.1. The maximum Gasteiger partial charge on any atom is 0.251 e. The van der Waals surface area contributed by atoms with Crippen LogP contribution in [0.5, 0.6) is 5.75 Å². The van der Waals surface area contributed by atoms with Crippen LogP contribution >= 0.6 is 0 Å². The number of benzene rings is 1. The Bertz CT molecular complexity index is 600. The van der Waals surface area contributed by atoms with Gasteiger partial charge in [0, 0.05) is 18.7 Å². The van der Waals surface area contributed by atoms with E-state index in [2.05, 4.69) is 10.0 Å². The van der Waals surface area contributed by atoms with Crippen molar-refractivity contribution in [2.75, 3.05) is 19.7 Å². The van der Waals surface area contributed by atoms with Gasteiger partial charge in [0.05, 0.1) is 6.61 Å². The lowest BCUT2D eigenvalue weighted by Crippen LogP contribution is -2.26. The molecule has 0 saturated heterocycles. The Morgan fingerprint density at radius 2 is 1.95 bits per heavy atom. The van der Waals surface area contributed by atoms with Crippen molar-refractivity contribution in [3.05, 3.63) is 23.8 Å². The van der Waals surface area contributed by atoms with Crippen LogP contribution in [0, 0.1) is 0 Å². The molecular weight excluding hydrogens is 304 g/mol. The second-order valence-corrected chi connectivity index (χ2v) is 6.44. The monoisotopic (exact) mass is 328 g/mol. The molecule has 0 aromatic heterocycles. The van der Waals surface area contributed by atoms with Gasteiger partial charge in [-0.25, -0.2) is 13.1 Å². The Labute approximate surface area is 132 Å². The smallest absolute Gasteiger partial charge is 0.251 e. The van der Waals surface area contributed by atoms with Gasteiger partial charge in [-0.05, 0) is 31.5 Å². The molecule has 7 heteroatoms. The highest BCUT2D eigenvalue weighted by Gasteiger charge is 2.21. The standard InChI is InChI=1S/C15H24N2O4S/c1-4-7-10-16-15(18)12-8-9-13(21-6-3)14(11-12)22(19,20)17-5-2/h8-9,11,17H,4-7,10H2,1-3H3,(H,16,18). The first-order valence-corrected chi connectivity index (χ1v) is 8.99. The van der Waals surface area contributed by atoms with Gasteiger partial charge < -0.3 is 10.1 Å². The number of amides is 1. The Balaban J connectivity index is 3.11. The molecule has 1 amide bonds. The fourth-order valence-electron chi connectivity index (χ4n) is 1.88. The van der Waals surface area contributed by atoms with Crippen molar-refractivity contribution in [2.24, 2.45) is 0 Å². The molecule has 1 rings (SSSR count). The van der Waals surface area contributed by atoms with Crippen LogP contribution in [0.25, 0.3) is 0 Å². The van der Waals surface area contributed by atoms with Gasteiger partial charge in [0.2, 0.25) is 10.0 Å². The zero-order valence-electron chi connectivity index (χ0n) is 13.3. The molecule has 0 aliphatic rings. The number of nitrogens with one attached hydrogen (secondary N) is 2. The van der Waals surface area contributed by atoms with Crippen molar-refractivity contribution < 1.29 is 17.9 Å². The van der Waals surface area contributed by atoms with Crippen molar-refractivity contribution in [3.8, 4) is 5.75 Å². The van der Waals surface area contributed by atoms with Crippen LogP contribution in [0.1, 0.15) is 44.0 Å². The van der Waals surface area contributed by atoms with Gasteiger partial charge in [0.25, 0.3) is 5.91 Å². The van der Waals surface area contributed by atoms with Gasteiger partial charge in [-0.2, -0.15) is 0 Å². The average Bonchev–Trinajstić information content (AvgIpc) is 2.48. The Morgan fingerprint density at radius 1 is 1.23 bits per heavy atom. The van der Waals surface area contributed by atoms with E-state index in [1.165, 1.54) is 12.1 Å². The predicted octanol–water partition coefficient (Wildman–Crippen LogP) is 1.91. The lowest BCUT2D eigenvalue weighted by Gasteiger charge is -2.13. The third-order valence-electron chi connectivity index (χ3n) is 2.95. The molecule has 6 nitrogen and oxygen atoms in total. The van der Waals surface area contributed by atoms with E-state index in [1.54, 1.807) is 19.9 Å². The Hall–Kier alpha value is -1.60. The first-order chi connectivity index (χ1) is 10.5. The van der Waals surface area contributed by atoms with E-state index in [-0.39, 0.29) is 23.1 Å². The summed E-state index contributed by atoms with van der Waals surface area (Å²) in [6.07, 6.45) is 1.86. The molecule has 1 aromatic rings. The van der Waals surface area contributed by atoms with Gasteiger partial charge in [0.1, 0.15) is 10.6 Å². The summed E-state index contributed by atoms with van der Waals surface area (Å²) in [5.41, 5.74) is 0.302. The average molecular weight is 328 g/mol. The van der Waals surface area contributed by atoms with Crippen LogP contribution in [0.3, 0.4) is 0 Å². The minimum atomic E-state index is -3.70. The lowest BCUT2D eigenvalue weighted by atomic mass is 10.2. The molecule has 0 atom stereocenters. The van der Waals surface area contributed by atoms with Crippen molar-refractivity contribution in [3.63, 3.8) is 0 Å². The highest BCUT2D eigenvalue weighted by atomic mass is 32.2. The molecule has 0 aliphatic heterocycles. The summed E-state index contributed by atoms with van der Waals surface area (Å²) in [6.45, 7) is 6.67. The van der Waals surface area contributed by atoms with E-state index in [0.29, 0.717) is 18.7 Å². The fraction of sp³-hybridized carbons (Fsp3) is 0.533. The Morgan fingerprint density at radius 3 is 2.55 bits per heavy atom. The SMILES string of the molecule is CCCCNC(=O)c1ccc(OCC)c(S(=O)(=O)NCC)c1. The van der Waals surface area contributed by atoms with Crippen LogP contribution in [0.15, 0.2) is 23.1 Å². The second kappa shape index (κ2) is 8.75. The third kappa shape index (κ3) is 4.99. The van der Waals surface area contributed by atoms with Crippen molar-refractivity contribution in [1.29, 1.82) is 0 Å². The van der Waals surface area contributed by atoms with E-state index < -0.39 is 10.0 Å². The summed E-state index contributed by atoms with van der Waals surface area (Å²) < 4.78 is 32.2. The van der Waals surface area contributed by atoms with E-state index in [0.717, 1.165) is 12.8 Å². The largest absolute Gasteiger partial charge is 0.492 e. The quantitative estimate of drug-likeness (QED) is 0.678. The lowest BCUT2D eigenvalue weighted by molar-refractivity contribution is 0.0953. The van der Waals surface area contributed by atoms with E-state index in [1.807, 2.05) is 6.92 Å². The zero-order chi connectivity index (χ0) is 16.6. The molecule has 0 saturated carbocycles. The first kappa shape index (κ1) is 18.4. The molecule has 0 heterocycles. The van der Waals surface area contributed by atoms with E-state index >= 15 is 0 Å². The number of hydrogen-bond donors (Lipinski definition) is 2. The topological polar surface area (TPSA) is 84.5 Å². The molecule has 124 valence electrons. The summed E-state index contributed by atoms with van der Waals surface area (Å²) >= 11 is 0. The van der Waals surface area contributed by atoms with Crippen molar-refractivity contribution in [2.45, 2.75) is 38.5 Å². The number of ether oxygens (including phenoxy) is 1. The van der Waals surface area contributed by atoms with Crippen LogP contribution in [-0.4, -0.2) is 34.0 Å². The molecule has 0 fully saturated rings. The summed E-state index contributed by atoms with van der Waals surface area (Å²) in [6, 6.07) is 4.43. The van der Waals surface area contributed by atoms with E-state index in [4.69, 9.17) is 4.74 Å². The van der Waals surface area contributed by atoms with Crippen molar-refractivity contribution in [1.82, 2.24) is 10.0 Å². The fourth-order valence-corrected chi connectivity index (χ4v) is 3.09. The second-order valence-electron chi connectivity index (χ2n) is 4.71. The molecule has 2 N–H and O–H groups in total. The predicted molar refractivity (Wildman–Crippen MR) is 85.7 cm³/mol. The van der Waals surface area contributed by atoms with Crippen molar-refractivity contribution >= 4 is 15.9 Å². The van der Waals surface area contributed by atoms with Crippen LogP contribution < -0.4 is 14.8 Å². The number of carbonyl (C=O) groups is 1. The summed E-state index contributed by atoms with van der Waals surface area (Å²) in [4.78, 5) is 12.0. The molecule has 0 unspecified atom stereocenters. The van der Waals surface area contributed by atoms with Crippen LogP contribution in [0.4, 0.5) is 0 Å². The van der Waals surface area contributed by atoms with Crippen LogP contribution in [-0.2, 0) is 10.0 Å². The van der Waals surface area contributed by atoms with Gasteiger partial charge in [-0.1, -0.05) is 20.3 Å². The maximum atomic E-state index is 12.2. The molecule has 0 spiro atoms. The number of hydrogen-bond acceptors (Lipinski definition) is 4. The summed E-state index contributed by atoms with van der Waals surface area (Å²) in [5, 5.41) is 2.77. The number of sulfonamides is 1. The summed E-state index contributed by atoms with van der Waals surface area (Å²) in [7, 11) is -3.70. The highest BCUT2D eigenvalue weighted by Crippen LogP contribution is 2.25. The maximum absolute atomic E-state index is 12.2. The number of carbonyl (C=O) groups excluding carboxylic acids is 1. The van der Waals surface area contributed by atoms with Crippen LogP contribution in [0.2, 0.25) is 0 Å². The Kier molecular flexibility index (Phi) is 7.34. The molecule has 0 radical (unpaired) electrons. The molecule has 0 bridgehead atoms. The van der Waals surface area contributed by atoms with Gasteiger partial charge in [0.15, 0.2) is 0 Å². The third-order valence-corrected chi connectivity index (χ3v) is 4.51. The molecule has 0 aliphatic carbocycles. The van der Waals surface area contributed by atoms with Gasteiger partial charge >= 0.3 is 0 Å². The minimum Gasteiger partial charge on any atom is -0.492 e. The van der Waals surface area contributed by atoms with Gasteiger partial charge in [-0.15, -0.1) is 0 Å². The van der Waals surface area contributed by atoms with Gasteiger partial charge in [-0.3, -0.25) is 4.79 Å². The van der Waals surface area contributed by atoms with E-state index in [9.17, 15) is 13.2 Å². The first-order valence-electron chi connectivity index (χ1n) is 7.50. The molecular formula is C15H24N2O4S. The summed E-state index contributed by atoms with van der Waals surface area (Å²) in [5.74, 6) is -0.0435. The molecule has 22 heavy (non-hydrogen) atoms.